The molecule has 112 valence electrons. The molecule has 2 heterocycles. The molecule has 0 unspecified atom stereocenters. The maximum Gasteiger partial charge on any atom is 0.303 e. The van der Waals surface area contributed by atoms with Gasteiger partial charge in [-0.2, -0.15) is 0 Å². The second kappa shape index (κ2) is 5.65. The predicted molar refractivity (Wildman–Crippen MR) is 77.8 cm³/mol. The van der Waals surface area contributed by atoms with Gasteiger partial charge in [-0.1, -0.05) is 0 Å². The number of thiazole rings is 1. The van der Waals surface area contributed by atoms with Crippen LogP contribution in [-0.4, -0.2) is 31.9 Å². The number of hydrogen-bond donors (Lipinski definition) is 2. The fourth-order valence-electron chi connectivity index (χ4n) is 1.84. The molecule has 0 radical (unpaired) electrons. The van der Waals surface area contributed by atoms with Gasteiger partial charge in [-0.25, -0.2) is 4.98 Å². The summed E-state index contributed by atoms with van der Waals surface area (Å²) >= 11 is 1.30. The monoisotopic (exact) mass is 309 g/mol. The number of amides is 1. The summed E-state index contributed by atoms with van der Waals surface area (Å²) in [4.78, 5) is 39.5. The van der Waals surface area contributed by atoms with Gasteiger partial charge in [0.15, 0.2) is 4.96 Å². The topological polar surface area (TPSA) is 101 Å². The van der Waals surface area contributed by atoms with Crippen LogP contribution in [0.25, 0.3) is 4.96 Å². The van der Waals surface area contributed by atoms with E-state index in [0.29, 0.717) is 4.96 Å². The minimum absolute atomic E-state index is 0.0608. The van der Waals surface area contributed by atoms with E-state index in [-0.39, 0.29) is 18.4 Å². The molecular formula is C13H15N3O4S. The number of nitrogens with one attached hydrogen (secondary N) is 1. The molecular weight excluding hydrogens is 294 g/mol. The van der Waals surface area contributed by atoms with Crippen LogP contribution < -0.4 is 10.9 Å². The van der Waals surface area contributed by atoms with Gasteiger partial charge in [-0.05, 0) is 20.3 Å². The van der Waals surface area contributed by atoms with Crippen LogP contribution in [0.15, 0.2) is 22.6 Å². The number of fused-ring (bicyclic) bond motifs is 1. The molecule has 2 N–H and O–H groups in total. The van der Waals surface area contributed by atoms with E-state index < -0.39 is 23.0 Å². The second-order valence-corrected chi connectivity index (χ2v) is 6.14. The lowest BCUT2D eigenvalue weighted by Gasteiger charge is -2.25. The van der Waals surface area contributed by atoms with E-state index in [4.69, 9.17) is 5.11 Å². The summed E-state index contributed by atoms with van der Waals surface area (Å²) < 4.78 is 1.31. The Labute approximate surface area is 124 Å². The highest BCUT2D eigenvalue weighted by Gasteiger charge is 2.24. The molecule has 0 bridgehead atoms. The molecule has 0 atom stereocenters. The lowest BCUT2D eigenvalue weighted by Crippen LogP contribution is -2.45. The number of carboxylic acids is 1. The zero-order valence-corrected chi connectivity index (χ0v) is 12.4. The average molecular weight is 309 g/mol. The molecule has 2 rings (SSSR count). The summed E-state index contributed by atoms with van der Waals surface area (Å²) in [6.45, 7) is 3.42. The summed E-state index contributed by atoms with van der Waals surface area (Å²) in [6, 6.07) is 0. The maximum absolute atomic E-state index is 12.2. The van der Waals surface area contributed by atoms with Crippen molar-refractivity contribution in [2.45, 2.75) is 32.2 Å². The van der Waals surface area contributed by atoms with Gasteiger partial charge in [-0.15, -0.1) is 11.3 Å². The summed E-state index contributed by atoms with van der Waals surface area (Å²) in [5.74, 6) is -1.48. The van der Waals surface area contributed by atoms with Gasteiger partial charge in [0, 0.05) is 29.7 Å². The van der Waals surface area contributed by atoms with Crippen molar-refractivity contribution < 1.29 is 14.7 Å². The molecule has 0 saturated carbocycles. The van der Waals surface area contributed by atoms with Gasteiger partial charge in [-0.3, -0.25) is 18.8 Å². The lowest BCUT2D eigenvalue weighted by molar-refractivity contribution is -0.137. The quantitative estimate of drug-likeness (QED) is 0.862. The Hall–Kier alpha value is -2.22. The minimum Gasteiger partial charge on any atom is -0.481 e. The van der Waals surface area contributed by atoms with E-state index in [1.54, 1.807) is 25.4 Å². The van der Waals surface area contributed by atoms with Crippen LogP contribution in [0.3, 0.4) is 0 Å². The van der Waals surface area contributed by atoms with Crippen molar-refractivity contribution in [3.63, 3.8) is 0 Å². The van der Waals surface area contributed by atoms with Crippen molar-refractivity contribution in [2.75, 3.05) is 0 Å². The van der Waals surface area contributed by atoms with Crippen LogP contribution >= 0.6 is 11.3 Å². The van der Waals surface area contributed by atoms with Crippen LogP contribution in [-0.2, 0) is 4.79 Å². The summed E-state index contributed by atoms with van der Waals surface area (Å²) in [6.07, 6.45) is 3.01. The Morgan fingerprint density at radius 2 is 2.19 bits per heavy atom. The van der Waals surface area contributed by atoms with E-state index >= 15 is 0 Å². The van der Waals surface area contributed by atoms with E-state index in [1.807, 2.05) is 0 Å². The molecule has 8 heteroatoms. The van der Waals surface area contributed by atoms with Gasteiger partial charge < -0.3 is 10.4 Å². The number of aliphatic carboxylic acids is 1. The summed E-state index contributed by atoms with van der Waals surface area (Å²) in [7, 11) is 0. The Balaban J connectivity index is 2.20. The smallest absolute Gasteiger partial charge is 0.303 e. The van der Waals surface area contributed by atoms with Gasteiger partial charge in [0.05, 0.1) is 0 Å². The van der Waals surface area contributed by atoms with Crippen LogP contribution in [0.4, 0.5) is 0 Å². The molecule has 0 aliphatic heterocycles. The molecule has 0 aliphatic rings. The number of aromatic nitrogens is 2. The molecule has 7 nitrogen and oxygen atoms in total. The van der Waals surface area contributed by atoms with Crippen LogP contribution in [0.5, 0.6) is 0 Å². The highest BCUT2D eigenvalue weighted by molar-refractivity contribution is 7.15. The van der Waals surface area contributed by atoms with Gasteiger partial charge in [0.25, 0.3) is 11.5 Å². The Morgan fingerprint density at radius 1 is 1.48 bits per heavy atom. The highest BCUT2D eigenvalue weighted by Crippen LogP contribution is 2.12. The van der Waals surface area contributed by atoms with Crippen molar-refractivity contribution in [1.29, 1.82) is 0 Å². The zero-order chi connectivity index (χ0) is 15.6. The van der Waals surface area contributed by atoms with E-state index in [1.165, 1.54) is 21.9 Å². The number of hydrogen-bond acceptors (Lipinski definition) is 5. The molecule has 21 heavy (non-hydrogen) atoms. The first kappa shape index (κ1) is 15.2. The number of carbonyl (C=O) groups excluding carboxylic acids is 1. The SMILES string of the molecule is CC(C)(CCC(=O)O)NC(=O)c1cnc2sccn2c1=O. The van der Waals surface area contributed by atoms with Crippen LogP contribution in [0.2, 0.25) is 0 Å². The minimum atomic E-state index is -0.932. The van der Waals surface area contributed by atoms with Crippen molar-refractivity contribution in [2.24, 2.45) is 0 Å². The van der Waals surface area contributed by atoms with Crippen molar-refractivity contribution >= 4 is 28.2 Å². The molecule has 2 aromatic rings. The molecule has 0 aliphatic carbocycles. The molecule has 0 fully saturated rings. The lowest BCUT2D eigenvalue weighted by atomic mass is 9.98. The third kappa shape index (κ3) is 3.46. The number of nitrogens with zero attached hydrogens (tertiary/aromatic N) is 2. The van der Waals surface area contributed by atoms with Crippen molar-refractivity contribution in [3.8, 4) is 0 Å². The molecule has 0 saturated heterocycles. The van der Waals surface area contributed by atoms with E-state index in [9.17, 15) is 14.4 Å². The van der Waals surface area contributed by atoms with Gasteiger partial charge in [0.1, 0.15) is 5.56 Å². The molecule has 2 aromatic heterocycles. The summed E-state index contributed by atoms with van der Waals surface area (Å²) in [5.41, 5.74) is -1.22. The standard InChI is InChI=1S/C13H15N3O4S/c1-13(2,4-3-9(17)18)15-10(19)8-7-14-12-16(11(8)20)5-6-21-12/h5-7H,3-4H2,1-2H3,(H,15,19)(H,17,18). The van der Waals surface area contributed by atoms with E-state index in [0.717, 1.165) is 0 Å². The largest absolute Gasteiger partial charge is 0.481 e. The van der Waals surface area contributed by atoms with Crippen LogP contribution in [0, 0.1) is 0 Å². The third-order valence-electron chi connectivity index (χ3n) is 3.00. The molecule has 0 aromatic carbocycles. The highest BCUT2D eigenvalue weighted by atomic mass is 32.1. The second-order valence-electron chi connectivity index (χ2n) is 5.26. The van der Waals surface area contributed by atoms with Gasteiger partial charge >= 0.3 is 5.97 Å². The Bertz CT molecular complexity index is 747. The number of rotatable bonds is 5. The number of carboxylic acid groups (broad SMARTS) is 1. The Kier molecular flexibility index (Phi) is 4.08. The summed E-state index contributed by atoms with van der Waals surface area (Å²) in [5, 5.41) is 13.1. The zero-order valence-electron chi connectivity index (χ0n) is 11.6. The first-order valence-corrected chi connectivity index (χ1v) is 7.17. The first-order chi connectivity index (χ1) is 9.80. The first-order valence-electron chi connectivity index (χ1n) is 6.29. The third-order valence-corrected chi connectivity index (χ3v) is 3.77. The van der Waals surface area contributed by atoms with Crippen LogP contribution in [0.1, 0.15) is 37.0 Å². The van der Waals surface area contributed by atoms with Gasteiger partial charge in [0.2, 0.25) is 0 Å². The molecule has 1 amide bonds. The van der Waals surface area contributed by atoms with Crippen molar-refractivity contribution in [3.05, 3.63) is 33.7 Å². The Morgan fingerprint density at radius 3 is 2.86 bits per heavy atom. The molecule has 0 spiro atoms. The van der Waals surface area contributed by atoms with E-state index in [2.05, 4.69) is 10.3 Å². The van der Waals surface area contributed by atoms with Crippen molar-refractivity contribution in [1.82, 2.24) is 14.7 Å². The fraction of sp³-hybridized carbons (Fsp3) is 0.385. The predicted octanol–water partition coefficient (Wildman–Crippen LogP) is 1.13. The fourth-order valence-corrected chi connectivity index (χ4v) is 2.51. The normalized spacial score (nSPS) is 11.5. The maximum atomic E-state index is 12.2. The number of carbonyl (C=O) groups is 2. The average Bonchev–Trinajstić information content (AvgIpc) is 2.85.